The van der Waals surface area contributed by atoms with Crippen molar-refractivity contribution in [3.63, 3.8) is 0 Å². The number of ether oxygens (including phenoxy) is 2. The Balaban J connectivity index is 2.83. The number of nitrogens with two attached hydrogens (primary N) is 1. The fourth-order valence-electron chi connectivity index (χ4n) is 3.03. The molecule has 8 heteroatoms. The third-order valence-corrected chi connectivity index (χ3v) is 4.72. The molecule has 5 nitrogen and oxygen atoms in total. The quantitative estimate of drug-likeness (QED) is 0.700. The highest BCUT2D eigenvalue weighted by Crippen LogP contribution is 2.39. The number of aromatic nitrogens is 1. The molecule has 0 saturated carbocycles. The lowest BCUT2D eigenvalue weighted by Crippen LogP contribution is -2.13. The molecule has 2 aromatic rings. The van der Waals surface area contributed by atoms with E-state index in [1.165, 1.54) is 26.2 Å². The van der Waals surface area contributed by atoms with Gasteiger partial charge in [-0.1, -0.05) is 19.9 Å². The van der Waals surface area contributed by atoms with E-state index in [-0.39, 0.29) is 22.8 Å². The maximum absolute atomic E-state index is 15.2. The number of rotatable bonds is 6. The first-order valence-corrected chi connectivity index (χ1v) is 8.77. The van der Waals surface area contributed by atoms with E-state index in [4.69, 9.17) is 10.5 Å². The zero-order valence-electron chi connectivity index (χ0n) is 16.4. The molecule has 0 aliphatic carbocycles. The van der Waals surface area contributed by atoms with Crippen molar-refractivity contribution in [2.45, 2.75) is 39.3 Å². The van der Waals surface area contributed by atoms with Gasteiger partial charge in [-0.15, -0.1) is 0 Å². The normalized spacial score (nSPS) is 13.1. The highest BCUT2D eigenvalue weighted by Gasteiger charge is 2.28. The van der Waals surface area contributed by atoms with Crippen LogP contribution in [0, 0.1) is 11.6 Å². The molecule has 0 spiro atoms. The van der Waals surface area contributed by atoms with E-state index >= 15 is 4.39 Å². The summed E-state index contributed by atoms with van der Waals surface area (Å²) in [6.07, 6.45) is -0.949. The molecule has 0 bridgehead atoms. The van der Waals surface area contributed by atoms with E-state index in [1.54, 1.807) is 0 Å². The number of carbonyl (C=O) groups excluding carboxylic acids is 1. The summed E-state index contributed by atoms with van der Waals surface area (Å²) in [6, 6.07) is 2.85. The number of nitrogen functional groups attached to an aromatic ring is 1. The van der Waals surface area contributed by atoms with Gasteiger partial charge in [-0.3, -0.25) is 0 Å². The summed E-state index contributed by atoms with van der Waals surface area (Å²) in [7, 11) is 2.29. The van der Waals surface area contributed by atoms with Gasteiger partial charge in [0.25, 0.3) is 0 Å². The van der Waals surface area contributed by atoms with Gasteiger partial charge in [-0.25, -0.2) is 22.9 Å². The van der Waals surface area contributed by atoms with Gasteiger partial charge < -0.3 is 15.2 Å². The molecule has 2 unspecified atom stereocenters. The second-order valence-corrected chi connectivity index (χ2v) is 6.42. The van der Waals surface area contributed by atoms with E-state index in [0.29, 0.717) is 12.0 Å². The number of esters is 1. The van der Waals surface area contributed by atoms with Crippen LogP contribution in [0.4, 0.5) is 18.9 Å². The maximum Gasteiger partial charge on any atom is 0.360 e. The van der Waals surface area contributed by atoms with Crippen molar-refractivity contribution in [2.75, 3.05) is 20.0 Å². The lowest BCUT2D eigenvalue weighted by molar-refractivity contribution is 0.0590. The van der Waals surface area contributed by atoms with Crippen LogP contribution in [0.5, 0.6) is 5.75 Å². The van der Waals surface area contributed by atoms with Crippen LogP contribution >= 0.6 is 0 Å². The molecule has 2 atom stereocenters. The molecule has 0 saturated heterocycles. The molecular formula is C20H23F3N2O3. The number of halogens is 3. The van der Waals surface area contributed by atoms with Crippen molar-refractivity contribution in [1.82, 2.24) is 4.98 Å². The molecule has 1 heterocycles. The fourth-order valence-corrected chi connectivity index (χ4v) is 3.03. The predicted octanol–water partition coefficient (Wildman–Crippen LogP) is 4.95. The first kappa shape index (κ1) is 21.5. The summed E-state index contributed by atoms with van der Waals surface area (Å²) in [6.45, 7) is 4.96. The number of nitrogens with zero attached hydrogens (tertiary/aromatic N) is 1. The number of carbonyl (C=O) groups is 1. The number of hydrogen-bond donors (Lipinski definition) is 1. The zero-order valence-corrected chi connectivity index (χ0v) is 16.4. The van der Waals surface area contributed by atoms with Crippen LogP contribution in [0.3, 0.4) is 0 Å². The predicted molar refractivity (Wildman–Crippen MR) is 100 cm³/mol. The lowest BCUT2D eigenvalue weighted by Gasteiger charge is -2.20. The molecule has 0 aliphatic heterocycles. The third kappa shape index (κ3) is 3.63. The number of hydrogen-bond acceptors (Lipinski definition) is 5. The summed E-state index contributed by atoms with van der Waals surface area (Å²) < 4.78 is 53.9. The van der Waals surface area contributed by atoms with Gasteiger partial charge in [0.2, 0.25) is 0 Å². The standard InChI is InChI=1S/C20H23F3N2O3/c1-6-9(2)11-7-8-12(14(22)13(11)10(3)21)17-15(23)16(24)19(27-4)18(25-17)20(26)28-5/h7-10H,6H2,1-5H3,(H2,24,25). The van der Waals surface area contributed by atoms with Crippen molar-refractivity contribution < 1.29 is 27.4 Å². The minimum atomic E-state index is -1.62. The summed E-state index contributed by atoms with van der Waals surface area (Å²) in [5, 5.41) is 0. The van der Waals surface area contributed by atoms with Gasteiger partial charge in [0.05, 0.1) is 14.2 Å². The second kappa shape index (κ2) is 8.50. The minimum absolute atomic E-state index is 0.0962. The number of pyridine rings is 1. The van der Waals surface area contributed by atoms with Crippen LogP contribution in [-0.4, -0.2) is 25.2 Å². The Labute approximate surface area is 161 Å². The molecule has 0 fully saturated rings. The van der Waals surface area contributed by atoms with Gasteiger partial charge in [0.15, 0.2) is 17.3 Å². The van der Waals surface area contributed by atoms with Crippen LogP contribution in [0.1, 0.15) is 60.9 Å². The van der Waals surface area contributed by atoms with E-state index in [2.05, 4.69) is 9.72 Å². The van der Waals surface area contributed by atoms with Crippen LogP contribution in [-0.2, 0) is 4.74 Å². The highest BCUT2D eigenvalue weighted by atomic mass is 19.1. The average Bonchev–Trinajstić information content (AvgIpc) is 2.68. The maximum atomic E-state index is 15.2. The van der Waals surface area contributed by atoms with Crippen LogP contribution < -0.4 is 10.5 Å². The first-order chi connectivity index (χ1) is 13.2. The van der Waals surface area contributed by atoms with E-state index in [1.807, 2.05) is 13.8 Å². The molecule has 28 heavy (non-hydrogen) atoms. The SMILES string of the molecule is CCC(C)c1ccc(-c2nc(C(=O)OC)c(OC)c(N)c2F)c(F)c1C(C)F. The van der Waals surface area contributed by atoms with E-state index in [0.717, 1.165) is 7.11 Å². The molecule has 0 amide bonds. The third-order valence-electron chi connectivity index (χ3n) is 4.72. The van der Waals surface area contributed by atoms with Gasteiger partial charge in [0, 0.05) is 11.1 Å². The Morgan fingerprint density at radius 1 is 1.21 bits per heavy atom. The van der Waals surface area contributed by atoms with Crippen LogP contribution in [0.25, 0.3) is 11.3 Å². The van der Waals surface area contributed by atoms with Crippen molar-refractivity contribution in [3.05, 3.63) is 40.6 Å². The molecule has 0 radical (unpaired) electrons. The Morgan fingerprint density at radius 3 is 2.36 bits per heavy atom. The lowest BCUT2D eigenvalue weighted by atomic mass is 9.89. The average molecular weight is 396 g/mol. The monoisotopic (exact) mass is 396 g/mol. The Hall–Kier alpha value is -2.77. The number of benzene rings is 1. The van der Waals surface area contributed by atoms with Gasteiger partial charge in [-0.05, 0) is 30.9 Å². The van der Waals surface area contributed by atoms with Gasteiger partial charge in [-0.2, -0.15) is 0 Å². The largest absolute Gasteiger partial charge is 0.492 e. The topological polar surface area (TPSA) is 74.4 Å². The number of anilines is 1. The molecule has 1 aromatic carbocycles. The van der Waals surface area contributed by atoms with Crippen LogP contribution in [0.15, 0.2) is 12.1 Å². The molecule has 2 N–H and O–H groups in total. The smallest absolute Gasteiger partial charge is 0.360 e. The summed E-state index contributed by atoms with van der Waals surface area (Å²) >= 11 is 0. The number of alkyl halides is 1. The fraction of sp³-hybridized carbons (Fsp3) is 0.400. The zero-order chi connectivity index (χ0) is 21.2. The molecule has 1 aromatic heterocycles. The van der Waals surface area contributed by atoms with Gasteiger partial charge >= 0.3 is 5.97 Å². The molecule has 0 aliphatic rings. The molecule has 152 valence electrons. The molecular weight excluding hydrogens is 373 g/mol. The van der Waals surface area contributed by atoms with Crippen LogP contribution in [0.2, 0.25) is 0 Å². The Morgan fingerprint density at radius 2 is 1.86 bits per heavy atom. The van der Waals surface area contributed by atoms with Crippen molar-refractivity contribution in [1.29, 1.82) is 0 Å². The summed E-state index contributed by atoms with van der Waals surface area (Å²) in [5.74, 6) is -3.36. The minimum Gasteiger partial charge on any atom is -0.492 e. The van der Waals surface area contributed by atoms with E-state index in [9.17, 15) is 13.6 Å². The van der Waals surface area contributed by atoms with Crippen molar-refractivity contribution in [3.8, 4) is 17.0 Å². The number of methoxy groups -OCH3 is 2. The molecule has 2 rings (SSSR count). The highest BCUT2D eigenvalue weighted by molar-refractivity contribution is 5.93. The Kier molecular flexibility index (Phi) is 6.53. The van der Waals surface area contributed by atoms with Crippen molar-refractivity contribution in [2.24, 2.45) is 0 Å². The summed E-state index contributed by atoms with van der Waals surface area (Å²) in [4.78, 5) is 15.9. The van der Waals surface area contributed by atoms with Crippen molar-refractivity contribution >= 4 is 11.7 Å². The van der Waals surface area contributed by atoms with E-state index < -0.39 is 40.9 Å². The first-order valence-electron chi connectivity index (χ1n) is 8.77. The summed E-state index contributed by atoms with van der Waals surface area (Å²) in [5.41, 5.74) is 4.31. The second-order valence-electron chi connectivity index (χ2n) is 6.42. The van der Waals surface area contributed by atoms with Gasteiger partial charge in [0.1, 0.15) is 23.4 Å². The Bertz CT molecular complexity index is 901.